The molecule has 2 aromatic rings. The summed E-state index contributed by atoms with van der Waals surface area (Å²) >= 11 is 0. The third kappa shape index (κ3) is 5.69. The second-order valence-electron chi connectivity index (χ2n) is 10.3. The van der Waals surface area contributed by atoms with Crippen molar-refractivity contribution in [3.63, 3.8) is 0 Å². The number of hydrogen-bond donors (Lipinski definition) is 3. The van der Waals surface area contributed by atoms with Crippen LogP contribution in [-0.2, 0) is 0 Å². The summed E-state index contributed by atoms with van der Waals surface area (Å²) in [7, 11) is 0. The quantitative estimate of drug-likeness (QED) is 0.540. The number of benzene rings is 1. The third-order valence-electron chi connectivity index (χ3n) is 7.67. The molecule has 3 aliphatic rings. The van der Waals surface area contributed by atoms with Gasteiger partial charge >= 0.3 is 0 Å². The Morgan fingerprint density at radius 3 is 2.56 bits per heavy atom. The van der Waals surface area contributed by atoms with Crippen LogP contribution in [0.4, 0.5) is 0 Å². The summed E-state index contributed by atoms with van der Waals surface area (Å²) in [6, 6.07) is 9.35. The van der Waals surface area contributed by atoms with Crippen molar-refractivity contribution in [3.8, 4) is 0 Å². The van der Waals surface area contributed by atoms with Crippen molar-refractivity contribution in [2.45, 2.75) is 69.7 Å². The minimum Gasteiger partial charge on any atom is -0.360 e. The maximum atomic E-state index is 13.1. The molecule has 1 unspecified atom stereocenters. The zero-order chi connectivity index (χ0) is 23.3. The summed E-state index contributed by atoms with van der Waals surface area (Å²) in [5, 5.41) is 13.8. The third-order valence-corrected chi connectivity index (χ3v) is 7.67. The Morgan fingerprint density at radius 2 is 1.79 bits per heavy atom. The van der Waals surface area contributed by atoms with Crippen LogP contribution in [-0.4, -0.2) is 36.6 Å². The molecule has 0 bridgehead atoms. The first-order chi connectivity index (χ1) is 16.7. The van der Waals surface area contributed by atoms with Gasteiger partial charge in [0.05, 0.1) is 6.04 Å². The molecule has 1 saturated heterocycles. The molecule has 1 aliphatic heterocycles. The van der Waals surface area contributed by atoms with E-state index < -0.39 is 0 Å². The predicted molar refractivity (Wildman–Crippen MR) is 130 cm³/mol. The summed E-state index contributed by atoms with van der Waals surface area (Å²) in [5.74, 6) is 1.85. The maximum absolute atomic E-state index is 13.1. The van der Waals surface area contributed by atoms with E-state index in [0.29, 0.717) is 29.0 Å². The van der Waals surface area contributed by atoms with E-state index in [-0.39, 0.29) is 17.9 Å². The van der Waals surface area contributed by atoms with Crippen LogP contribution in [0.1, 0.15) is 102 Å². The SMILES string of the molecule is O=C(NCC1CCCCC1)c1cccc(C(NC(=O)c2cc(C3CC3)on2)C2CCNCC2)c1. The van der Waals surface area contributed by atoms with Gasteiger partial charge in [-0.1, -0.05) is 36.6 Å². The lowest BCUT2D eigenvalue weighted by Gasteiger charge is -2.31. The van der Waals surface area contributed by atoms with Gasteiger partial charge in [-0.25, -0.2) is 0 Å². The van der Waals surface area contributed by atoms with E-state index in [1.165, 1.54) is 32.1 Å². The number of hydrogen-bond acceptors (Lipinski definition) is 5. The lowest BCUT2D eigenvalue weighted by Crippen LogP contribution is -2.39. The molecule has 34 heavy (non-hydrogen) atoms. The van der Waals surface area contributed by atoms with Crippen molar-refractivity contribution < 1.29 is 14.1 Å². The van der Waals surface area contributed by atoms with E-state index in [1.807, 2.05) is 24.3 Å². The molecular formula is C27H36N4O3. The number of carbonyl (C=O) groups excluding carboxylic acids is 2. The van der Waals surface area contributed by atoms with E-state index in [0.717, 1.165) is 56.6 Å². The first-order valence-corrected chi connectivity index (χ1v) is 13.0. The highest BCUT2D eigenvalue weighted by Crippen LogP contribution is 2.40. The molecule has 7 nitrogen and oxygen atoms in total. The summed E-state index contributed by atoms with van der Waals surface area (Å²) in [6.45, 7) is 2.59. The molecule has 2 amide bonds. The number of amides is 2. The minimum atomic E-state index is -0.216. The molecule has 0 radical (unpaired) electrons. The summed E-state index contributed by atoms with van der Waals surface area (Å²) < 4.78 is 5.40. The molecular weight excluding hydrogens is 428 g/mol. The molecule has 7 heteroatoms. The predicted octanol–water partition coefficient (Wildman–Crippen LogP) is 4.33. The van der Waals surface area contributed by atoms with Crippen molar-refractivity contribution in [2.75, 3.05) is 19.6 Å². The molecule has 0 spiro atoms. The Hall–Kier alpha value is -2.67. The van der Waals surface area contributed by atoms with Crippen LogP contribution in [0.15, 0.2) is 34.9 Å². The second kappa shape index (κ2) is 10.7. The largest absolute Gasteiger partial charge is 0.360 e. The van der Waals surface area contributed by atoms with Crippen molar-refractivity contribution in [2.24, 2.45) is 11.8 Å². The van der Waals surface area contributed by atoms with Crippen LogP contribution >= 0.6 is 0 Å². The number of nitrogens with zero attached hydrogens (tertiary/aromatic N) is 1. The van der Waals surface area contributed by atoms with E-state index in [9.17, 15) is 9.59 Å². The van der Waals surface area contributed by atoms with E-state index in [1.54, 1.807) is 6.07 Å². The van der Waals surface area contributed by atoms with Gasteiger partial charge in [-0.15, -0.1) is 0 Å². The normalized spacial score (nSPS) is 20.6. The molecule has 3 N–H and O–H groups in total. The first-order valence-electron chi connectivity index (χ1n) is 13.0. The van der Waals surface area contributed by atoms with Crippen LogP contribution < -0.4 is 16.0 Å². The number of nitrogens with one attached hydrogen (secondary N) is 3. The van der Waals surface area contributed by atoms with Crippen LogP contribution in [0.5, 0.6) is 0 Å². The van der Waals surface area contributed by atoms with E-state index >= 15 is 0 Å². The van der Waals surface area contributed by atoms with Crippen molar-refractivity contribution in [1.82, 2.24) is 21.1 Å². The molecule has 1 atom stereocenters. The smallest absolute Gasteiger partial charge is 0.273 e. The molecule has 5 rings (SSSR count). The molecule has 2 saturated carbocycles. The van der Waals surface area contributed by atoms with Gasteiger partial charge in [-0.2, -0.15) is 0 Å². The van der Waals surface area contributed by atoms with Crippen LogP contribution in [0.2, 0.25) is 0 Å². The van der Waals surface area contributed by atoms with E-state index in [4.69, 9.17) is 4.52 Å². The Morgan fingerprint density at radius 1 is 1.00 bits per heavy atom. The Balaban J connectivity index is 1.30. The Kier molecular flexibility index (Phi) is 7.28. The zero-order valence-corrected chi connectivity index (χ0v) is 19.9. The van der Waals surface area contributed by atoms with E-state index in [2.05, 4.69) is 21.1 Å². The van der Waals surface area contributed by atoms with Crippen LogP contribution in [0, 0.1) is 11.8 Å². The Bertz CT molecular complexity index is 987. The van der Waals surface area contributed by atoms with Crippen LogP contribution in [0.3, 0.4) is 0 Å². The highest BCUT2D eigenvalue weighted by Gasteiger charge is 2.31. The minimum absolute atomic E-state index is 0.0339. The van der Waals surface area contributed by atoms with Crippen molar-refractivity contribution in [1.29, 1.82) is 0 Å². The molecule has 2 heterocycles. The fraction of sp³-hybridized carbons (Fsp3) is 0.593. The maximum Gasteiger partial charge on any atom is 0.273 e. The highest BCUT2D eigenvalue weighted by molar-refractivity contribution is 5.94. The molecule has 1 aromatic heterocycles. The van der Waals surface area contributed by atoms with Gasteiger partial charge in [0.15, 0.2) is 5.69 Å². The van der Waals surface area contributed by atoms with Gasteiger partial charge in [0.1, 0.15) is 5.76 Å². The topological polar surface area (TPSA) is 96.3 Å². The van der Waals surface area contributed by atoms with Gasteiger partial charge in [-0.05, 0) is 81.1 Å². The average molecular weight is 465 g/mol. The monoisotopic (exact) mass is 464 g/mol. The van der Waals surface area contributed by atoms with Gasteiger partial charge < -0.3 is 20.5 Å². The lowest BCUT2D eigenvalue weighted by atomic mass is 9.85. The van der Waals surface area contributed by atoms with Gasteiger partial charge in [0, 0.05) is 24.1 Å². The summed E-state index contributed by atoms with van der Waals surface area (Å²) in [4.78, 5) is 26.0. The molecule has 1 aromatic carbocycles. The summed E-state index contributed by atoms with van der Waals surface area (Å²) in [6.07, 6.45) is 10.4. The number of aromatic nitrogens is 1. The van der Waals surface area contributed by atoms with Crippen molar-refractivity contribution in [3.05, 3.63) is 52.9 Å². The van der Waals surface area contributed by atoms with Crippen molar-refractivity contribution >= 4 is 11.8 Å². The molecule has 3 fully saturated rings. The second-order valence-corrected chi connectivity index (χ2v) is 10.3. The first kappa shape index (κ1) is 23.1. The number of piperidine rings is 1. The fourth-order valence-corrected chi connectivity index (χ4v) is 5.43. The van der Waals surface area contributed by atoms with Gasteiger partial charge in [-0.3, -0.25) is 9.59 Å². The average Bonchev–Trinajstić information content (AvgIpc) is 3.63. The van der Waals surface area contributed by atoms with Crippen LogP contribution in [0.25, 0.3) is 0 Å². The summed E-state index contributed by atoms with van der Waals surface area (Å²) in [5.41, 5.74) is 1.96. The standard InChI is InChI=1S/C27H36N4O3/c32-26(29-17-18-5-2-1-3-6-18)22-8-4-7-21(15-22)25(20-11-13-28-14-12-20)30-27(33)23-16-24(34-31-23)19-9-10-19/h4,7-8,15-16,18-20,25,28H,1-3,5-6,9-14,17H2,(H,29,32)(H,30,33). The number of carbonyl (C=O) groups is 2. The Labute approximate surface area is 201 Å². The van der Waals surface area contributed by atoms with Gasteiger partial charge in [0.25, 0.3) is 11.8 Å². The zero-order valence-electron chi connectivity index (χ0n) is 19.9. The fourth-order valence-electron chi connectivity index (χ4n) is 5.43. The highest BCUT2D eigenvalue weighted by atomic mass is 16.5. The lowest BCUT2D eigenvalue weighted by molar-refractivity contribution is 0.0904. The number of rotatable bonds is 8. The van der Waals surface area contributed by atoms with Gasteiger partial charge in [0.2, 0.25) is 0 Å². The molecule has 182 valence electrons. The molecule has 2 aliphatic carbocycles.